The minimum Gasteiger partial charge on any atom is -0.400 e. The molecule has 1 N–H and O–H groups in total. The number of aliphatic hydroxyl groups is 1. The molecule has 7 heteroatoms. The number of methoxy groups -OCH3 is 1. The normalized spacial score (nSPS) is 28.4. The topological polar surface area (TPSA) is 105 Å². The molecule has 1 aliphatic heterocycles. The number of ether oxygens (including phenoxy) is 2. The van der Waals surface area contributed by atoms with Crippen molar-refractivity contribution >= 4 is 5.91 Å². The molecule has 16 heavy (non-hydrogen) atoms. The van der Waals surface area contributed by atoms with Crippen LogP contribution in [0.1, 0.15) is 19.8 Å². The first-order valence-corrected chi connectivity index (χ1v) is 4.89. The molecule has 0 bridgehead atoms. The number of rotatable bonds is 2. The number of hydrogen-bond donors (Lipinski definition) is 1. The van der Waals surface area contributed by atoms with Crippen molar-refractivity contribution in [1.82, 2.24) is 0 Å². The standard InChI is InChI=1S/C8H13N3O3.CH4O/c1-5-3-6(8(12)10-11-9)4-7(13-2)14-5;1-2/h5-7H,3-4H2,1-2H3;2H,1H3. The molecular formula is C9H17N3O4. The summed E-state index contributed by atoms with van der Waals surface area (Å²) in [5.74, 6) is -0.704. The maximum atomic E-state index is 11.3. The fourth-order valence-electron chi connectivity index (χ4n) is 1.58. The lowest BCUT2D eigenvalue weighted by molar-refractivity contribution is -0.189. The van der Waals surface area contributed by atoms with Crippen LogP contribution in [-0.4, -0.2) is 37.6 Å². The van der Waals surface area contributed by atoms with Crippen molar-refractivity contribution in [3.63, 3.8) is 0 Å². The molecule has 1 heterocycles. The van der Waals surface area contributed by atoms with Crippen molar-refractivity contribution in [2.24, 2.45) is 11.0 Å². The van der Waals surface area contributed by atoms with Crippen molar-refractivity contribution in [3.8, 4) is 0 Å². The van der Waals surface area contributed by atoms with E-state index in [2.05, 4.69) is 10.0 Å². The SMILES string of the molecule is CO.COC1CC(C(=O)N=[N+]=[N-])CC(C)O1. The Bertz CT molecular complexity index is 265. The Morgan fingerprint density at radius 3 is 2.69 bits per heavy atom. The second-order valence-electron chi connectivity index (χ2n) is 3.31. The average Bonchev–Trinajstić information content (AvgIpc) is 2.31. The van der Waals surface area contributed by atoms with Crippen molar-refractivity contribution < 1.29 is 19.4 Å². The van der Waals surface area contributed by atoms with Crippen LogP contribution in [0, 0.1) is 5.92 Å². The van der Waals surface area contributed by atoms with Crippen LogP contribution in [0.25, 0.3) is 10.4 Å². The van der Waals surface area contributed by atoms with Crippen molar-refractivity contribution in [2.75, 3.05) is 14.2 Å². The lowest BCUT2D eigenvalue weighted by atomic mass is 9.95. The highest BCUT2D eigenvalue weighted by Crippen LogP contribution is 2.26. The van der Waals surface area contributed by atoms with Gasteiger partial charge in [0.15, 0.2) is 6.29 Å². The quantitative estimate of drug-likeness (QED) is 0.438. The van der Waals surface area contributed by atoms with Gasteiger partial charge >= 0.3 is 0 Å². The first-order chi connectivity index (χ1) is 7.67. The summed E-state index contributed by atoms with van der Waals surface area (Å²) in [6, 6.07) is 0. The molecule has 0 saturated carbocycles. The van der Waals surface area contributed by atoms with Gasteiger partial charge in [-0.05, 0) is 24.0 Å². The van der Waals surface area contributed by atoms with Gasteiger partial charge in [-0.2, -0.15) is 0 Å². The van der Waals surface area contributed by atoms with Crippen molar-refractivity contribution in [1.29, 1.82) is 0 Å². The van der Waals surface area contributed by atoms with Gasteiger partial charge < -0.3 is 14.6 Å². The van der Waals surface area contributed by atoms with E-state index in [0.717, 1.165) is 7.11 Å². The second-order valence-corrected chi connectivity index (χ2v) is 3.31. The zero-order valence-electron chi connectivity index (χ0n) is 9.66. The predicted octanol–water partition coefficient (Wildman–Crippen LogP) is 1.22. The maximum Gasteiger partial charge on any atom is 0.222 e. The first-order valence-electron chi connectivity index (χ1n) is 4.89. The largest absolute Gasteiger partial charge is 0.400 e. The van der Waals surface area contributed by atoms with E-state index < -0.39 is 5.91 Å². The summed E-state index contributed by atoms with van der Waals surface area (Å²) in [6.45, 7) is 1.86. The number of amides is 1. The second kappa shape index (κ2) is 8.06. The average molecular weight is 231 g/mol. The van der Waals surface area contributed by atoms with Gasteiger partial charge in [0.25, 0.3) is 0 Å². The lowest BCUT2D eigenvalue weighted by Gasteiger charge is -2.31. The van der Waals surface area contributed by atoms with Gasteiger partial charge in [0.1, 0.15) is 0 Å². The summed E-state index contributed by atoms with van der Waals surface area (Å²) < 4.78 is 10.4. The predicted molar refractivity (Wildman–Crippen MR) is 56.4 cm³/mol. The fraction of sp³-hybridized carbons (Fsp3) is 0.889. The van der Waals surface area contributed by atoms with Crippen LogP contribution in [0.15, 0.2) is 5.11 Å². The number of azide groups is 1. The third kappa shape index (κ3) is 4.59. The highest BCUT2D eigenvalue weighted by molar-refractivity contribution is 5.79. The summed E-state index contributed by atoms with van der Waals surface area (Å²) in [6.07, 6.45) is 0.620. The van der Waals surface area contributed by atoms with Crippen LogP contribution in [-0.2, 0) is 14.3 Å². The summed E-state index contributed by atoms with van der Waals surface area (Å²) in [5, 5.41) is 10.1. The number of nitrogens with zero attached hydrogens (tertiary/aromatic N) is 3. The van der Waals surface area contributed by atoms with Gasteiger partial charge in [-0.3, -0.25) is 4.79 Å². The summed E-state index contributed by atoms with van der Waals surface area (Å²) in [7, 11) is 2.53. The molecule has 0 aromatic carbocycles. The molecule has 92 valence electrons. The van der Waals surface area contributed by atoms with Crippen molar-refractivity contribution in [2.45, 2.75) is 32.2 Å². The molecule has 1 aliphatic rings. The summed E-state index contributed by atoms with van der Waals surface area (Å²) >= 11 is 0. The molecule has 0 spiro atoms. The number of carbonyl (C=O) groups excluding carboxylic acids is 1. The van der Waals surface area contributed by atoms with E-state index in [4.69, 9.17) is 20.1 Å². The van der Waals surface area contributed by atoms with Crippen LogP contribution in [0.4, 0.5) is 0 Å². The van der Waals surface area contributed by atoms with E-state index in [1.54, 1.807) is 0 Å². The van der Waals surface area contributed by atoms with Gasteiger partial charge in [-0.1, -0.05) is 0 Å². The molecule has 0 radical (unpaired) electrons. The Hall–Kier alpha value is -1.14. The molecule has 0 aromatic heterocycles. The molecule has 1 rings (SSSR count). The van der Waals surface area contributed by atoms with Gasteiger partial charge in [0.2, 0.25) is 5.91 Å². The van der Waals surface area contributed by atoms with Gasteiger partial charge in [0, 0.05) is 31.5 Å². The molecule has 7 nitrogen and oxygen atoms in total. The van der Waals surface area contributed by atoms with Crippen LogP contribution in [0.2, 0.25) is 0 Å². The monoisotopic (exact) mass is 231 g/mol. The number of hydrogen-bond acceptors (Lipinski definition) is 4. The molecular weight excluding hydrogens is 214 g/mol. The molecule has 1 fully saturated rings. The summed E-state index contributed by atoms with van der Waals surface area (Å²) in [5.41, 5.74) is 8.13. The lowest BCUT2D eigenvalue weighted by Crippen LogP contribution is -2.35. The van der Waals surface area contributed by atoms with Gasteiger partial charge in [-0.15, -0.1) is 0 Å². The highest BCUT2D eigenvalue weighted by Gasteiger charge is 2.30. The van der Waals surface area contributed by atoms with E-state index in [0.29, 0.717) is 12.8 Å². The summed E-state index contributed by atoms with van der Waals surface area (Å²) in [4.78, 5) is 13.8. The number of carbonyl (C=O) groups is 1. The molecule has 1 amide bonds. The number of aliphatic hydroxyl groups excluding tert-OH is 1. The minimum absolute atomic E-state index is 0.0449. The van der Waals surface area contributed by atoms with Crippen molar-refractivity contribution in [3.05, 3.63) is 10.4 Å². The van der Waals surface area contributed by atoms with E-state index in [1.165, 1.54) is 7.11 Å². The Morgan fingerprint density at radius 2 is 2.19 bits per heavy atom. The minimum atomic E-state index is -0.426. The van der Waals surface area contributed by atoms with E-state index in [-0.39, 0.29) is 18.3 Å². The first kappa shape index (κ1) is 14.9. The highest BCUT2D eigenvalue weighted by atomic mass is 16.7. The molecule has 3 unspecified atom stereocenters. The third-order valence-electron chi connectivity index (χ3n) is 2.23. The Labute approximate surface area is 94.0 Å². The molecule has 3 atom stereocenters. The van der Waals surface area contributed by atoms with Crippen LogP contribution >= 0.6 is 0 Å². The van der Waals surface area contributed by atoms with E-state index in [9.17, 15) is 4.79 Å². The molecule has 0 aliphatic carbocycles. The van der Waals surface area contributed by atoms with Crippen LogP contribution < -0.4 is 0 Å². The zero-order chi connectivity index (χ0) is 12.6. The fourth-order valence-corrected chi connectivity index (χ4v) is 1.58. The van der Waals surface area contributed by atoms with Gasteiger partial charge in [0.05, 0.1) is 6.10 Å². The smallest absolute Gasteiger partial charge is 0.222 e. The maximum absolute atomic E-state index is 11.3. The molecule has 0 aromatic rings. The van der Waals surface area contributed by atoms with Crippen LogP contribution in [0.3, 0.4) is 0 Å². The molecule has 1 saturated heterocycles. The van der Waals surface area contributed by atoms with Gasteiger partial charge in [-0.25, -0.2) is 0 Å². The van der Waals surface area contributed by atoms with E-state index >= 15 is 0 Å². The van der Waals surface area contributed by atoms with Crippen LogP contribution in [0.5, 0.6) is 0 Å². The van der Waals surface area contributed by atoms with E-state index in [1.807, 2.05) is 6.92 Å². The Balaban J connectivity index is 0.00000106. The Kier molecular flexibility index (Phi) is 7.49. The zero-order valence-corrected chi connectivity index (χ0v) is 9.66. The Morgan fingerprint density at radius 1 is 1.56 bits per heavy atom. The third-order valence-corrected chi connectivity index (χ3v) is 2.23.